The lowest BCUT2D eigenvalue weighted by Gasteiger charge is -2.30. The Labute approximate surface area is 134 Å². The molecule has 23 heavy (non-hydrogen) atoms. The molecule has 120 valence electrons. The summed E-state index contributed by atoms with van der Waals surface area (Å²) in [4.78, 5) is 28.8. The van der Waals surface area contributed by atoms with Gasteiger partial charge in [-0.25, -0.2) is 9.97 Å². The molecule has 0 radical (unpaired) electrons. The molecule has 1 amide bonds. The van der Waals surface area contributed by atoms with E-state index in [9.17, 15) is 4.79 Å². The van der Waals surface area contributed by atoms with Crippen molar-refractivity contribution in [1.29, 1.82) is 0 Å². The third-order valence-electron chi connectivity index (χ3n) is 5.87. The molecule has 5 rings (SSSR count). The summed E-state index contributed by atoms with van der Waals surface area (Å²) < 4.78 is 0. The minimum absolute atomic E-state index is 0.285. The number of nitrogens with zero attached hydrogens (tertiary/aromatic N) is 4. The summed E-state index contributed by atoms with van der Waals surface area (Å²) >= 11 is 0. The highest BCUT2D eigenvalue weighted by Gasteiger charge is 2.58. The van der Waals surface area contributed by atoms with Gasteiger partial charge in [-0.15, -0.1) is 0 Å². The highest BCUT2D eigenvalue weighted by molar-refractivity contribution is 5.87. The maximum atomic E-state index is 12.5. The number of carbonyl (C=O) groups excluding carboxylic acids is 1. The number of H-pyrrole nitrogens is 1. The third-order valence-corrected chi connectivity index (χ3v) is 5.87. The molecule has 1 atom stereocenters. The van der Waals surface area contributed by atoms with Gasteiger partial charge in [-0.3, -0.25) is 4.79 Å². The maximum absolute atomic E-state index is 12.5. The number of likely N-dealkylation sites (N-methyl/N-ethyl adjacent to an activating group) is 1. The zero-order valence-electron chi connectivity index (χ0n) is 13.3. The molecule has 1 aliphatic heterocycles. The van der Waals surface area contributed by atoms with Gasteiger partial charge < -0.3 is 14.8 Å². The van der Waals surface area contributed by atoms with Crippen molar-refractivity contribution in [3.63, 3.8) is 0 Å². The van der Waals surface area contributed by atoms with Crippen LogP contribution in [0.3, 0.4) is 0 Å². The van der Waals surface area contributed by atoms with Gasteiger partial charge in [0.05, 0.1) is 11.4 Å². The SMILES string of the molecule is CN(c1ncnc2[nH]ccc12)[C@H]1CN(C(=O)C2CC2)CC12CC2. The van der Waals surface area contributed by atoms with Crippen molar-refractivity contribution < 1.29 is 4.79 Å². The van der Waals surface area contributed by atoms with Crippen molar-refractivity contribution in [2.45, 2.75) is 31.7 Å². The lowest BCUT2D eigenvalue weighted by Crippen LogP contribution is -2.40. The Morgan fingerprint density at radius 2 is 2.22 bits per heavy atom. The van der Waals surface area contributed by atoms with E-state index in [1.807, 2.05) is 12.3 Å². The predicted octanol–water partition coefficient (Wildman–Crippen LogP) is 1.80. The molecule has 2 aromatic heterocycles. The normalized spacial score (nSPS) is 25.3. The first-order valence-electron chi connectivity index (χ1n) is 8.48. The Hall–Kier alpha value is -2.11. The van der Waals surface area contributed by atoms with Crippen LogP contribution >= 0.6 is 0 Å². The average Bonchev–Trinajstić information content (AvgIpc) is 3.45. The van der Waals surface area contributed by atoms with E-state index in [1.165, 1.54) is 12.8 Å². The van der Waals surface area contributed by atoms with Crippen LogP contribution in [-0.4, -0.2) is 51.9 Å². The van der Waals surface area contributed by atoms with Gasteiger partial charge in [-0.05, 0) is 31.7 Å². The molecule has 6 nitrogen and oxygen atoms in total. The van der Waals surface area contributed by atoms with E-state index >= 15 is 0 Å². The Kier molecular flexibility index (Phi) is 2.59. The average molecular weight is 311 g/mol. The monoisotopic (exact) mass is 311 g/mol. The third kappa shape index (κ3) is 1.97. The number of aromatic nitrogens is 3. The lowest BCUT2D eigenvalue weighted by atomic mass is 9.99. The fraction of sp³-hybridized carbons (Fsp3) is 0.588. The molecular weight excluding hydrogens is 290 g/mol. The summed E-state index contributed by atoms with van der Waals surface area (Å²) in [5, 5.41) is 1.05. The number of hydrogen-bond acceptors (Lipinski definition) is 4. The smallest absolute Gasteiger partial charge is 0.225 e. The van der Waals surface area contributed by atoms with Crippen molar-refractivity contribution in [3.8, 4) is 0 Å². The maximum Gasteiger partial charge on any atom is 0.225 e. The number of amides is 1. The summed E-state index contributed by atoms with van der Waals surface area (Å²) in [6, 6.07) is 2.39. The van der Waals surface area contributed by atoms with E-state index in [4.69, 9.17) is 0 Å². The standard InChI is InChI=1S/C17H21N5O/c1-21(15-12-4-7-18-14(12)19-10-20-15)13-8-22(9-17(13)5-6-17)16(23)11-2-3-11/h4,7,10-11,13H,2-3,5-6,8-9H2,1H3,(H,18,19,20)/t13-/m0/s1. The second-order valence-corrected chi connectivity index (χ2v) is 7.42. The van der Waals surface area contributed by atoms with Gasteiger partial charge in [-0.2, -0.15) is 0 Å². The van der Waals surface area contributed by atoms with Crippen molar-refractivity contribution in [2.24, 2.45) is 11.3 Å². The number of hydrogen-bond donors (Lipinski definition) is 1. The molecule has 1 spiro atoms. The number of likely N-dealkylation sites (tertiary alicyclic amines) is 1. The van der Waals surface area contributed by atoms with Crippen LogP contribution < -0.4 is 4.90 Å². The summed E-state index contributed by atoms with van der Waals surface area (Å²) in [5.74, 6) is 1.65. The molecule has 1 saturated heterocycles. The van der Waals surface area contributed by atoms with E-state index in [1.54, 1.807) is 6.33 Å². The molecule has 3 heterocycles. The lowest BCUT2D eigenvalue weighted by molar-refractivity contribution is -0.131. The molecule has 2 saturated carbocycles. The van der Waals surface area contributed by atoms with Crippen LogP contribution in [0.1, 0.15) is 25.7 Å². The van der Waals surface area contributed by atoms with E-state index < -0.39 is 0 Å². The number of nitrogens with one attached hydrogen (secondary N) is 1. The topological polar surface area (TPSA) is 65.1 Å². The molecule has 2 aromatic rings. The van der Waals surface area contributed by atoms with Crippen molar-refractivity contribution >= 4 is 22.8 Å². The molecule has 1 N–H and O–H groups in total. The van der Waals surface area contributed by atoms with Gasteiger partial charge >= 0.3 is 0 Å². The second-order valence-electron chi connectivity index (χ2n) is 7.42. The first-order chi connectivity index (χ1) is 11.2. The van der Waals surface area contributed by atoms with Crippen LogP contribution in [0.5, 0.6) is 0 Å². The molecule has 6 heteroatoms. The molecule has 3 fully saturated rings. The van der Waals surface area contributed by atoms with E-state index in [-0.39, 0.29) is 5.41 Å². The zero-order chi connectivity index (χ0) is 15.6. The molecule has 3 aliphatic rings. The Bertz CT molecular complexity index is 776. The van der Waals surface area contributed by atoms with E-state index in [0.717, 1.165) is 42.8 Å². The predicted molar refractivity (Wildman–Crippen MR) is 87.1 cm³/mol. The van der Waals surface area contributed by atoms with Gasteiger partial charge in [0.1, 0.15) is 17.8 Å². The number of fused-ring (bicyclic) bond motifs is 1. The van der Waals surface area contributed by atoms with Crippen molar-refractivity contribution in [3.05, 3.63) is 18.6 Å². The number of rotatable bonds is 3. The quantitative estimate of drug-likeness (QED) is 0.938. The van der Waals surface area contributed by atoms with Crippen molar-refractivity contribution in [1.82, 2.24) is 19.9 Å². The van der Waals surface area contributed by atoms with Crippen LogP contribution in [0.15, 0.2) is 18.6 Å². The van der Waals surface area contributed by atoms with Crippen molar-refractivity contribution in [2.75, 3.05) is 25.0 Å². The van der Waals surface area contributed by atoms with E-state index in [2.05, 4.69) is 31.8 Å². The molecule has 0 aromatic carbocycles. The summed E-state index contributed by atoms with van der Waals surface area (Å²) in [6.45, 7) is 1.76. The molecular formula is C17H21N5O. The molecule has 0 bridgehead atoms. The summed E-state index contributed by atoms with van der Waals surface area (Å²) in [5.41, 5.74) is 1.16. The number of aromatic amines is 1. The minimum Gasteiger partial charge on any atom is -0.354 e. The van der Waals surface area contributed by atoms with E-state index in [0.29, 0.717) is 17.9 Å². The Balaban J connectivity index is 1.46. The van der Waals surface area contributed by atoms with Crippen LogP contribution in [-0.2, 0) is 4.79 Å². The number of anilines is 1. The second kappa shape index (κ2) is 4.46. The fourth-order valence-electron chi connectivity index (χ4n) is 4.18. The first-order valence-corrected chi connectivity index (χ1v) is 8.48. The highest BCUT2D eigenvalue weighted by Crippen LogP contribution is 2.55. The molecule has 2 aliphatic carbocycles. The zero-order valence-corrected chi connectivity index (χ0v) is 13.3. The summed E-state index contributed by atoms with van der Waals surface area (Å²) in [6.07, 6.45) is 8.13. The van der Waals surface area contributed by atoms with Crippen LogP contribution in [0.4, 0.5) is 5.82 Å². The van der Waals surface area contributed by atoms with Gasteiger partial charge in [0.25, 0.3) is 0 Å². The van der Waals surface area contributed by atoms with Gasteiger partial charge in [0, 0.05) is 37.7 Å². The van der Waals surface area contributed by atoms with Gasteiger partial charge in [0.2, 0.25) is 5.91 Å². The highest BCUT2D eigenvalue weighted by atomic mass is 16.2. The Morgan fingerprint density at radius 1 is 1.39 bits per heavy atom. The summed E-state index contributed by atoms with van der Waals surface area (Å²) in [7, 11) is 2.12. The largest absolute Gasteiger partial charge is 0.354 e. The number of carbonyl (C=O) groups is 1. The molecule has 0 unspecified atom stereocenters. The van der Waals surface area contributed by atoms with Gasteiger partial charge in [-0.1, -0.05) is 0 Å². The first kappa shape index (κ1) is 13.3. The fourth-order valence-corrected chi connectivity index (χ4v) is 4.18. The van der Waals surface area contributed by atoms with Crippen LogP contribution in [0.25, 0.3) is 11.0 Å². The van der Waals surface area contributed by atoms with Crippen LogP contribution in [0, 0.1) is 11.3 Å². The van der Waals surface area contributed by atoms with Crippen LogP contribution in [0.2, 0.25) is 0 Å². The van der Waals surface area contributed by atoms with Gasteiger partial charge in [0.15, 0.2) is 0 Å². The Morgan fingerprint density at radius 3 is 2.96 bits per heavy atom. The minimum atomic E-state index is 0.285.